The van der Waals surface area contributed by atoms with E-state index in [9.17, 15) is 4.79 Å². The van der Waals surface area contributed by atoms with Gasteiger partial charge in [-0.25, -0.2) is 0 Å². The number of amides is 1. The molecule has 0 aromatic heterocycles. The van der Waals surface area contributed by atoms with Crippen molar-refractivity contribution in [3.05, 3.63) is 58.1 Å². The Morgan fingerprint density at radius 2 is 1.86 bits per heavy atom. The molecule has 22 heavy (non-hydrogen) atoms. The van der Waals surface area contributed by atoms with Crippen LogP contribution in [0.2, 0.25) is 0 Å². The Balaban J connectivity index is 2.20. The van der Waals surface area contributed by atoms with Gasteiger partial charge < -0.3 is 14.8 Å². The topological polar surface area (TPSA) is 47.6 Å². The molecule has 0 fully saturated rings. The summed E-state index contributed by atoms with van der Waals surface area (Å²) >= 11 is 3.50. The SMILES string of the molecule is COc1ccc(C(=O)NC(C)c2ccccc2Br)c(OC)c1. The molecular weight excluding hydrogens is 346 g/mol. The Bertz CT molecular complexity index is 673. The third-order valence-corrected chi connectivity index (χ3v) is 4.09. The first-order valence-corrected chi connectivity index (χ1v) is 7.63. The van der Waals surface area contributed by atoms with Crippen LogP contribution in [-0.2, 0) is 0 Å². The molecule has 1 N–H and O–H groups in total. The first-order valence-electron chi connectivity index (χ1n) is 6.84. The molecule has 0 spiro atoms. The molecule has 5 heteroatoms. The summed E-state index contributed by atoms with van der Waals surface area (Å²) in [6.45, 7) is 1.94. The summed E-state index contributed by atoms with van der Waals surface area (Å²) < 4.78 is 11.4. The van der Waals surface area contributed by atoms with Crippen molar-refractivity contribution in [3.8, 4) is 11.5 Å². The minimum Gasteiger partial charge on any atom is -0.497 e. The third kappa shape index (κ3) is 3.60. The molecular formula is C17H18BrNO3. The molecule has 1 unspecified atom stereocenters. The predicted octanol–water partition coefficient (Wildman–Crippen LogP) is 3.96. The van der Waals surface area contributed by atoms with Crippen LogP contribution in [0.25, 0.3) is 0 Å². The highest BCUT2D eigenvalue weighted by Crippen LogP contribution is 2.26. The Morgan fingerprint density at radius 3 is 2.50 bits per heavy atom. The van der Waals surface area contributed by atoms with Crippen LogP contribution in [-0.4, -0.2) is 20.1 Å². The number of benzene rings is 2. The molecule has 0 saturated carbocycles. The van der Waals surface area contributed by atoms with Crippen LogP contribution < -0.4 is 14.8 Å². The first-order chi connectivity index (χ1) is 10.6. The number of hydrogen-bond donors (Lipinski definition) is 1. The fourth-order valence-corrected chi connectivity index (χ4v) is 2.79. The molecule has 0 aliphatic heterocycles. The lowest BCUT2D eigenvalue weighted by molar-refractivity contribution is 0.0936. The van der Waals surface area contributed by atoms with Crippen molar-refractivity contribution in [2.45, 2.75) is 13.0 Å². The highest BCUT2D eigenvalue weighted by atomic mass is 79.9. The van der Waals surface area contributed by atoms with Gasteiger partial charge in [-0.2, -0.15) is 0 Å². The van der Waals surface area contributed by atoms with E-state index in [1.807, 2.05) is 31.2 Å². The van der Waals surface area contributed by atoms with E-state index in [0.29, 0.717) is 17.1 Å². The molecule has 0 saturated heterocycles. The second-order valence-corrected chi connectivity index (χ2v) is 5.64. The molecule has 116 valence electrons. The standard InChI is InChI=1S/C17H18BrNO3/c1-11(13-6-4-5-7-15(13)18)19-17(20)14-9-8-12(21-2)10-16(14)22-3/h4-11H,1-3H3,(H,19,20). The molecule has 0 radical (unpaired) electrons. The number of carbonyl (C=O) groups is 1. The van der Waals surface area contributed by atoms with E-state index < -0.39 is 0 Å². The average molecular weight is 364 g/mol. The molecule has 0 bridgehead atoms. The molecule has 1 atom stereocenters. The maximum absolute atomic E-state index is 12.5. The van der Waals surface area contributed by atoms with E-state index in [1.54, 1.807) is 25.3 Å². The van der Waals surface area contributed by atoms with Gasteiger partial charge in [0.25, 0.3) is 5.91 Å². The number of methoxy groups -OCH3 is 2. The van der Waals surface area contributed by atoms with Gasteiger partial charge in [0.1, 0.15) is 11.5 Å². The summed E-state index contributed by atoms with van der Waals surface area (Å²) in [5, 5.41) is 2.98. The summed E-state index contributed by atoms with van der Waals surface area (Å²) in [4.78, 5) is 12.5. The maximum atomic E-state index is 12.5. The monoisotopic (exact) mass is 363 g/mol. The van der Waals surface area contributed by atoms with Gasteiger partial charge in [0.05, 0.1) is 25.8 Å². The summed E-state index contributed by atoms with van der Waals surface area (Å²) in [5.74, 6) is 0.936. The second-order valence-electron chi connectivity index (χ2n) is 4.78. The van der Waals surface area contributed by atoms with Gasteiger partial charge in [-0.15, -0.1) is 0 Å². The van der Waals surface area contributed by atoms with E-state index in [1.165, 1.54) is 7.11 Å². The van der Waals surface area contributed by atoms with Gasteiger partial charge in [-0.1, -0.05) is 34.1 Å². The lowest BCUT2D eigenvalue weighted by Gasteiger charge is -2.17. The average Bonchev–Trinajstić information content (AvgIpc) is 2.54. The second kappa shape index (κ2) is 7.31. The lowest BCUT2D eigenvalue weighted by atomic mass is 10.1. The van der Waals surface area contributed by atoms with Gasteiger partial charge in [0, 0.05) is 10.5 Å². The number of rotatable bonds is 5. The summed E-state index contributed by atoms with van der Waals surface area (Å²) in [7, 11) is 3.10. The van der Waals surface area contributed by atoms with E-state index in [0.717, 1.165) is 10.0 Å². The molecule has 2 rings (SSSR count). The normalized spacial score (nSPS) is 11.6. The van der Waals surface area contributed by atoms with Crippen LogP contribution in [0, 0.1) is 0 Å². The Kier molecular flexibility index (Phi) is 5.44. The first kappa shape index (κ1) is 16.4. The van der Waals surface area contributed by atoms with Crippen LogP contribution in [0.4, 0.5) is 0 Å². The van der Waals surface area contributed by atoms with Crippen molar-refractivity contribution in [1.82, 2.24) is 5.32 Å². The highest BCUT2D eigenvalue weighted by molar-refractivity contribution is 9.10. The van der Waals surface area contributed by atoms with Crippen molar-refractivity contribution in [1.29, 1.82) is 0 Å². The predicted molar refractivity (Wildman–Crippen MR) is 89.6 cm³/mol. The van der Waals surface area contributed by atoms with Crippen LogP contribution in [0.15, 0.2) is 46.9 Å². The van der Waals surface area contributed by atoms with E-state index in [4.69, 9.17) is 9.47 Å². The van der Waals surface area contributed by atoms with Gasteiger partial charge in [0.2, 0.25) is 0 Å². The van der Waals surface area contributed by atoms with Crippen LogP contribution in [0.5, 0.6) is 11.5 Å². The largest absolute Gasteiger partial charge is 0.497 e. The van der Waals surface area contributed by atoms with Gasteiger partial charge in [-0.3, -0.25) is 4.79 Å². The van der Waals surface area contributed by atoms with Gasteiger partial charge in [-0.05, 0) is 30.7 Å². The number of hydrogen-bond acceptors (Lipinski definition) is 3. The van der Waals surface area contributed by atoms with Crippen molar-refractivity contribution in [3.63, 3.8) is 0 Å². The number of halogens is 1. The van der Waals surface area contributed by atoms with Crippen LogP contribution >= 0.6 is 15.9 Å². The maximum Gasteiger partial charge on any atom is 0.255 e. The van der Waals surface area contributed by atoms with Crippen molar-refractivity contribution in [2.24, 2.45) is 0 Å². The zero-order valence-electron chi connectivity index (χ0n) is 12.7. The molecule has 4 nitrogen and oxygen atoms in total. The minimum absolute atomic E-state index is 0.130. The molecule has 2 aromatic carbocycles. The summed E-state index contributed by atoms with van der Waals surface area (Å²) in [6.07, 6.45) is 0. The zero-order chi connectivity index (χ0) is 16.1. The molecule has 1 amide bonds. The lowest BCUT2D eigenvalue weighted by Crippen LogP contribution is -2.27. The Labute approximate surface area is 138 Å². The Hall–Kier alpha value is -2.01. The molecule has 0 aliphatic carbocycles. The molecule has 2 aromatic rings. The molecule has 0 aliphatic rings. The van der Waals surface area contributed by atoms with E-state index >= 15 is 0 Å². The van der Waals surface area contributed by atoms with E-state index in [2.05, 4.69) is 21.2 Å². The Morgan fingerprint density at radius 1 is 1.14 bits per heavy atom. The third-order valence-electron chi connectivity index (χ3n) is 3.37. The smallest absolute Gasteiger partial charge is 0.255 e. The summed E-state index contributed by atoms with van der Waals surface area (Å²) in [6, 6.07) is 12.8. The summed E-state index contributed by atoms with van der Waals surface area (Å²) in [5.41, 5.74) is 1.49. The van der Waals surface area contributed by atoms with Crippen molar-refractivity contribution >= 4 is 21.8 Å². The minimum atomic E-state index is -0.192. The fourth-order valence-electron chi connectivity index (χ4n) is 2.16. The van der Waals surface area contributed by atoms with Crippen LogP contribution in [0.3, 0.4) is 0 Å². The number of ether oxygens (including phenoxy) is 2. The number of carbonyl (C=O) groups excluding carboxylic acids is 1. The van der Waals surface area contributed by atoms with Gasteiger partial charge in [0.15, 0.2) is 0 Å². The van der Waals surface area contributed by atoms with Crippen LogP contribution in [0.1, 0.15) is 28.9 Å². The number of nitrogens with one attached hydrogen (secondary N) is 1. The zero-order valence-corrected chi connectivity index (χ0v) is 14.3. The quantitative estimate of drug-likeness (QED) is 0.874. The van der Waals surface area contributed by atoms with Crippen molar-refractivity contribution < 1.29 is 14.3 Å². The van der Waals surface area contributed by atoms with E-state index in [-0.39, 0.29) is 11.9 Å². The van der Waals surface area contributed by atoms with Crippen molar-refractivity contribution in [2.75, 3.05) is 14.2 Å². The molecule has 0 heterocycles. The fraction of sp³-hybridized carbons (Fsp3) is 0.235. The highest BCUT2D eigenvalue weighted by Gasteiger charge is 2.17. The van der Waals surface area contributed by atoms with Gasteiger partial charge >= 0.3 is 0 Å².